The molecule has 94 valence electrons. The third-order valence-electron chi connectivity index (χ3n) is 4.67. The number of hydrogen-bond acceptors (Lipinski definition) is 3. The first-order chi connectivity index (χ1) is 7.53. The Hall–Kier alpha value is 0.270. The first kappa shape index (κ1) is 12.7. The van der Waals surface area contributed by atoms with Gasteiger partial charge in [-0.2, -0.15) is 11.8 Å². The maximum absolute atomic E-state index is 6.17. The van der Waals surface area contributed by atoms with E-state index in [1.54, 1.807) is 0 Å². The molecule has 0 aromatic rings. The molecular weight excluding hydrogens is 216 g/mol. The molecule has 2 rings (SSSR count). The van der Waals surface area contributed by atoms with Gasteiger partial charge in [0.05, 0.1) is 0 Å². The maximum Gasteiger partial charge on any atom is 0.0452 e. The molecule has 0 aromatic heterocycles. The van der Waals surface area contributed by atoms with Crippen LogP contribution in [-0.4, -0.2) is 40.1 Å². The Morgan fingerprint density at radius 2 is 2.06 bits per heavy atom. The zero-order valence-corrected chi connectivity index (χ0v) is 11.8. The van der Waals surface area contributed by atoms with Crippen molar-refractivity contribution in [1.82, 2.24) is 4.90 Å². The molecule has 0 saturated carbocycles. The summed E-state index contributed by atoms with van der Waals surface area (Å²) in [5, 5.41) is 0.684. The number of likely N-dealkylation sites (tertiary alicyclic amines) is 1. The smallest absolute Gasteiger partial charge is 0.0452 e. The van der Waals surface area contributed by atoms with Crippen LogP contribution in [0.15, 0.2) is 0 Å². The summed E-state index contributed by atoms with van der Waals surface area (Å²) in [6.07, 6.45) is 5.29. The summed E-state index contributed by atoms with van der Waals surface area (Å²) in [4.78, 5) is 2.73. The van der Waals surface area contributed by atoms with Crippen LogP contribution in [0.25, 0.3) is 0 Å². The van der Waals surface area contributed by atoms with E-state index in [0.717, 1.165) is 6.54 Å². The third-order valence-corrected chi connectivity index (χ3v) is 6.13. The van der Waals surface area contributed by atoms with Crippen molar-refractivity contribution in [2.24, 2.45) is 5.73 Å². The molecule has 2 saturated heterocycles. The summed E-state index contributed by atoms with van der Waals surface area (Å²) in [6.45, 7) is 9.23. The van der Waals surface area contributed by atoms with Crippen molar-refractivity contribution < 1.29 is 0 Å². The molecule has 2 N–H and O–H groups in total. The van der Waals surface area contributed by atoms with E-state index in [1.165, 1.54) is 38.0 Å². The van der Waals surface area contributed by atoms with Gasteiger partial charge in [0.15, 0.2) is 0 Å². The minimum absolute atomic E-state index is 0.267. The van der Waals surface area contributed by atoms with Crippen LogP contribution in [0.1, 0.15) is 46.5 Å². The van der Waals surface area contributed by atoms with E-state index in [-0.39, 0.29) is 5.54 Å². The van der Waals surface area contributed by atoms with E-state index in [1.807, 2.05) is 0 Å². The van der Waals surface area contributed by atoms with E-state index in [9.17, 15) is 0 Å². The van der Waals surface area contributed by atoms with Gasteiger partial charge < -0.3 is 5.73 Å². The molecule has 2 fully saturated rings. The average molecular weight is 242 g/mol. The second kappa shape index (κ2) is 4.51. The minimum Gasteiger partial charge on any atom is -0.329 e. The molecule has 0 aromatic carbocycles. The molecule has 2 unspecified atom stereocenters. The molecule has 0 radical (unpaired) electrons. The van der Waals surface area contributed by atoms with Crippen LogP contribution < -0.4 is 5.73 Å². The summed E-state index contributed by atoms with van der Waals surface area (Å²) in [7, 11) is 0. The summed E-state index contributed by atoms with van der Waals surface area (Å²) in [5.74, 6) is 1.32. The van der Waals surface area contributed by atoms with Crippen molar-refractivity contribution >= 4 is 11.8 Å². The quantitative estimate of drug-likeness (QED) is 0.806. The lowest BCUT2D eigenvalue weighted by Crippen LogP contribution is -2.64. The molecule has 0 aliphatic carbocycles. The summed E-state index contributed by atoms with van der Waals surface area (Å²) < 4.78 is 0. The molecule has 2 aliphatic rings. The second-order valence-corrected chi connectivity index (χ2v) is 7.44. The van der Waals surface area contributed by atoms with Gasteiger partial charge in [-0.25, -0.2) is 0 Å². The normalized spacial score (nSPS) is 40.1. The Labute approximate surface area is 104 Å². The Kier molecular flexibility index (Phi) is 3.58. The molecule has 0 amide bonds. The largest absolute Gasteiger partial charge is 0.329 e. The molecule has 0 spiro atoms. The summed E-state index contributed by atoms with van der Waals surface area (Å²) in [5.41, 5.74) is 6.79. The van der Waals surface area contributed by atoms with Crippen molar-refractivity contribution in [3.05, 3.63) is 0 Å². The number of rotatable bonds is 2. The van der Waals surface area contributed by atoms with Crippen LogP contribution in [0.4, 0.5) is 0 Å². The van der Waals surface area contributed by atoms with Crippen LogP contribution in [0.3, 0.4) is 0 Å². The topological polar surface area (TPSA) is 29.3 Å². The van der Waals surface area contributed by atoms with E-state index >= 15 is 0 Å². The lowest BCUT2D eigenvalue weighted by molar-refractivity contribution is 0.0265. The van der Waals surface area contributed by atoms with Crippen molar-refractivity contribution in [2.75, 3.05) is 18.8 Å². The zero-order valence-electron chi connectivity index (χ0n) is 11.0. The Balaban J connectivity index is 2.26. The van der Waals surface area contributed by atoms with E-state index in [2.05, 4.69) is 37.4 Å². The zero-order chi connectivity index (χ0) is 11.8. The predicted octanol–water partition coefficient (Wildman–Crippen LogP) is 2.47. The highest BCUT2D eigenvalue weighted by Crippen LogP contribution is 2.44. The molecule has 3 heteroatoms. The lowest BCUT2D eigenvalue weighted by Gasteiger charge is -2.53. The first-order valence-electron chi connectivity index (χ1n) is 6.62. The van der Waals surface area contributed by atoms with Crippen molar-refractivity contribution in [1.29, 1.82) is 0 Å². The maximum atomic E-state index is 6.17. The molecule has 0 bridgehead atoms. The van der Waals surface area contributed by atoms with Crippen LogP contribution in [0.5, 0.6) is 0 Å². The average Bonchev–Trinajstić information content (AvgIpc) is 2.60. The van der Waals surface area contributed by atoms with Gasteiger partial charge in [-0.15, -0.1) is 0 Å². The van der Waals surface area contributed by atoms with Crippen molar-refractivity contribution in [2.45, 2.75) is 62.8 Å². The number of nitrogens with two attached hydrogens (primary N) is 1. The Bertz CT molecular complexity index is 254. The van der Waals surface area contributed by atoms with Crippen LogP contribution in [-0.2, 0) is 0 Å². The van der Waals surface area contributed by atoms with Crippen molar-refractivity contribution in [3.63, 3.8) is 0 Å². The van der Waals surface area contributed by atoms with Gasteiger partial charge in [0.2, 0.25) is 0 Å². The lowest BCUT2D eigenvalue weighted by atomic mass is 9.84. The van der Waals surface area contributed by atoms with Gasteiger partial charge >= 0.3 is 0 Å². The SMILES string of the molecule is CC1SCCCC1(CN)N1CCCC1(C)C. The molecule has 16 heavy (non-hydrogen) atoms. The van der Waals surface area contributed by atoms with Gasteiger partial charge in [-0.1, -0.05) is 6.92 Å². The Morgan fingerprint density at radius 1 is 1.31 bits per heavy atom. The fraction of sp³-hybridized carbons (Fsp3) is 1.00. The van der Waals surface area contributed by atoms with Gasteiger partial charge in [0.25, 0.3) is 0 Å². The van der Waals surface area contributed by atoms with Gasteiger partial charge in [-0.3, -0.25) is 4.90 Å². The molecule has 2 heterocycles. The number of hydrogen-bond donors (Lipinski definition) is 1. The monoisotopic (exact) mass is 242 g/mol. The highest BCUT2D eigenvalue weighted by molar-refractivity contribution is 8.00. The van der Waals surface area contributed by atoms with Crippen LogP contribution >= 0.6 is 11.8 Å². The predicted molar refractivity (Wildman–Crippen MR) is 73.0 cm³/mol. The Morgan fingerprint density at radius 3 is 2.56 bits per heavy atom. The van der Waals surface area contributed by atoms with Crippen LogP contribution in [0.2, 0.25) is 0 Å². The fourth-order valence-electron chi connectivity index (χ4n) is 3.66. The highest BCUT2D eigenvalue weighted by atomic mass is 32.2. The standard InChI is InChI=1S/C13H26N2S/c1-11-13(10-14,7-5-9-16-11)15-8-4-6-12(15,2)3/h11H,4-10,14H2,1-3H3. The molecular formula is C13H26N2S. The van der Waals surface area contributed by atoms with Gasteiger partial charge in [0.1, 0.15) is 0 Å². The third kappa shape index (κ3) is 1.91. The van der Waals surface area contributed by atoms with Gasteiger partial charge in [-0.05, 0) is 51.8 Å². The molecule has 2 atom stereocenters. The van der Waals surface area contributed by atoms with E-state index in [4.69, 9.17) is 5.73 Å². The highest BCUT2D eigenvalue weighted by Gasteiger charge is 2.49. The fourth-order valence-corrected chi connectivity index (χ4v) is 4.98. The second-order valence-electron chi connectivity index (χ2n) is 5.99. The molecule has 2 nitrogen and oxygen atoms in total. The van der Waals surface area contributed by atoms with Crippen molar-refractivity contribution in [3.8, 4) is 0 Å². The van der Waals surface area contributed by atoms with E-state index in [0.29, 0.717) is 10.8 Å². The number of thioether (sulfide) groups is 1. The molecule has 2 aliphatic heterocycles. The minimum atomic E-state index is 0.267. The summed E-state index contributed by atoms with van der Waals surface area (Å²) >= 11 is 2.12. The summed E-state index contributed by atoms with van der Waals surface area (Å²) in [6, 6.07) is 0. The van der Waals surface area contributed by atoms with E-state index < -0.39 is 0 Å². The number of nitrogens with zero attached hydrogens (tertiary/aromatic N) is 1. The van der Waals surface area contributed by atoms with Crippen LogP contribution in [0, 0.1) is 0 Å². The van der Waals surface area contributed by atoms with Gasteiger partial charge in [0, 0.05) is 22.9 Å². The first-order valence-corrected chi connectivity index (χ1v) is 7.67.